The second kappa shape index (κ2) is 8.15. The Morgan fingerprint density at radius 2 is 1.72 bits per heavy atom. The van der Waals surface area contributed by atoms with Gasteiger partial charge in [-0.25, -0.2) is 9.97 Å². The monoisotopic (exact) mass is 389 g/mol. The summed E-state index contributed by atoms with van der Waals surface area (Å²) >= 11 is 0. The summed E-state index contributed by atoms with van der Waals surface area (Å²) in [6, 6.07) is 6.38. The van der Waals surface area contributed by atoms with Crippen LogP contribution < -0.4 is 10.2 Å². The molecule has 0 unspecified atom stereocenters. The summed E-state index contributed by atoms with van der Waals surface area (Å²) in [5.74, 6) is 0.219. The van der Waals surface area contributed by atoms with Gasteiger partial charge in [0.15, 0.2) is 5.65 Å². The van der Waals surface area contributed by atoms with Crippen LogP contribution in [0.5, 0.6) is 0 Å². The molecule has 3 heterocycles. The third-order valence-electron chi connectivity index (χ3n) is 5.82. The van der Waals surface area contributed by atoms with E-state index in [1.54, 1.807) is 12.4 Å². The number of nitrogens with one attached hydrogen (secondary N) is 1. The van der Waals surface area contributed by atoms with Gasteiger partial charge in [-0.3, -0.25) is 9.78 Å². The first-order chi connectivity index (χ1) is 14.0. The van der Waals surface area contributed by atoms with Gasteiger partial charge < -0.3 is 10.2 Å². The molecule has 150 valence electrons. The van der Waals surface area contributed by atoms with Crippen molar-refractivity contribution in [1.82, 2.24) is 20.3 Å². The van der Waals surface area contributed by atoms with E-state index in [0.29, 0.717) is 12.2 Å². The third kappa shape index (κ3) is 4.21. The molecule has 1 N–H and O–H groups in total. The minimum absolute atomic E-state index is 0.0607. The summed E-state index contributed by atoms with van der Waals surface area (Å²) in [7, 11) is 0. The van der Waals surface area contributed by atoms with Gasteiger partial charge in [0.2, 0.25) is 5.91 Å². The van der Waals surface area contributed by atoms with E-state index in [4.69, 9.17) is 0 Å². The maximum absolute atomic E-state index is 12.7. The predicted molar refractivity (Wildman–Crippen MR) is 115 cm³/mol. The number of amides is 1. The number of pyridine rings is 1. The van der Waals surface area contributed by atoms with Crippen molar-refractivity contribution < 1.29 is 4.79 Å². The number of fused-ring (bicyclic) bond motifs is 1. The van der Waals surface area contributed by atoms with Crippen LogP contribution in [-0.2, 0) is 11.3 Å². The lowest BCUT2D eigenvalue weighted by atomic mass is 9.95. The Labute approximate surface area is 171 Å². The molecule has 0 saturated carbocycles. The molecule has 0 spiro atoms. The molecule has 0 radical (unpaired) electrons. The second-order valence-electron chi connectivity index (χ2n) is 7.95. The number of benzene rings is 1. The van der Waals surface area contributed by atoms with Crippen LogP contribution in [0.4, 0.5) is 5.69 Å². The first kappa shape index (κ1) is 19.3. The fourth-order valence-corrected chi connectivity index (χ4v) is 4.23. The molecule has 1 fully saturated rings. The zero-order valence-corrected chi connectivity index (χ0v) is 17.3. The van der Waals surface area contributed by atoms with Crippen molar-refractivity contribution in [3.8, 4) is 0 Å². The van der Waals surface area contributed by atoms with Crippen LogP contribution >= 0.6 is 0 Å². The van der Waals surface area contributed by atoms with Gasteiger partial charge in [-0.05, 0) is 56.4 Å². The van der Waals surface area contributed by atoms with Crippen LogP contribution in [0, 0.1) is 26.7 Å². The Bertz CT molecular complexity index is 1020. The number of piperidine rings is 1. The van der Waals surface area contributed by atoms with Gasteiger partial charge in [0.1, 0.15) is 5.52 Å². The molecule has 6 nitrogen and oxygen atoms in total. The minimum atomic E-state index is 0.0607. The zero-order valence-electron chi connectivity index (χ0n) is 17.3. The van der Waals surface area contributed by atoms with Crippen LogP contribution in [-0.4, -0.2) is 33.9 Å². The molecule has 0 aliphatic carbocycles. The second-order valence-corrected chi connectivity index (χ2v) is 7.95. The molecule has 0 atom stereocenters. The Hall–Kier alpha value is -3.02. The number of hydrogen-bond donors (Lipinski definition) is 1. The van der Waals surface area contributed by atoms with Gasteiger partial charge in [-0.15, -0.1) is 0 Å². The third-order valence-corrected chi connectivity index (χ3v) is 5.82. The summed E-state index contributed by atoms with van der Waals surface area (Å²) in [4.78, 5) is 28.0. The number of rotatable bonds is 4. The molecule has 29 heavy (non-hydrogen) atoms. The van der Waals surface area contributed by atoms with Gasteiger partial charge >= 0.3 is 0 Å². The lowest BCUT2D eigenvalue weighted by Gasteiger charge is -2.32. The molecule has 1 aliphatic rings. The molecule has 0 bridgehead atoms. The lowest BCUT2D eigenvalue weighted by Crippen LogP contribution is -2.40. The summed E-state index contributed by atoms with van der Waals surface area (Å²) in [6.07, 6.45) is 6.87. The van der Waals surface area contributed by atoms with E-state index < -0.39 is 0 Å². The van der Waals surface area contributed by atoms with Crippen molar-refractivity contribution in [2.24, 2.45) is 5.92 Å². The summed E-state index contributed by atoms with van der Waals surface area (Å²) < 4.78 is 0. The standard InChI is InChI=1S/C23H27N5O/c1-15-10-16(2)20(17(3)11-15)14-27-23(29)18-4-8-28(9-5-18)19-12-21-22(26-13-19)25-7-6-24-21/h6-7,10-13,18H,4-5,8-9,14H2,1-3H3,(H,27,29). The summed E-state index contributed by atoms with van der Waals surface area (Å²) in [5, 5.41) is 3.16. The molecular weight excluding hydrogens is 362 g/mol. The van der Waals surface area contributed by atoms with E-state index in [9.17, 15) is 4.79 Å². The van der Waals surface area contributed by atoms with E-state index in [0.717, 1.165) is 37.1 Å². The van der Waals surface area contributed by atoms with Crippen molar-refractivity contribution in [3.05, 3.63) is 59.0 Å². The maximum atomic E-state index is 12.7. The van der Waals surface area contributed by atoms with Crippen molar-refractivity contribution in [2.75, 3.05) is 18.0 Å². The van der Waals surface area contributed by atoms with E-state index in [-0.39, 0.29) is 11.8 Å². The average molecular weight is 390 g/mol. The number of carbonyl (C=O) groups excluding carboxylic acids is 1. The number of aromatic nitrogens is 3. The Balaban J connectivity index is 1.35. The highest BCUT2D eigenvalue weighted by molar-refractivity contribution is 5.79. The van der Waals surface area contributed by atoms with Gasteiger partial charge in [0.05, 0.1) is 11.9 Å². The highest BCUT2D eigenvalue weighted by Gasteiger charge is 2.25. The van der Waals surface area contributed by atoms with Crippen molar-refractivity contribution in [2.45, 2.75) is 40.2 Å². The van der Waals surface area contributed by atoms with Gasteiger partial charge in [0, 0.05) is 37.9 Å². The van der Waals surface area contributed by atoms with E-state index in [1.807, 2.05) is 12.3 Å². The number of hydrogen-bond acceptors (Lipinski definition) is 5. The minimum Gasteiger partial charge on any atom is -0.370 e. The molecule has 6 heteroatoms. The van der Waals surface area contributed by atoms with Crippen molar-refractivity contribution >= 4 is 22.8 Å². The predicted octanol–water partition coefficient (Wildman–Crippen LogP) is 3.48. The van der Waals surface area contributed by atoms with E-state index >= 15 is 0 Å². The van der Waals surface area contributed by atoms with E-state index in [2.05, 4.69) is 58.1 Å². The first-order valence-corrected chi connectivity index (χ1v) is 10.2. The van der Waals surface area contributed by atoms with Crippen LogP contribution in [0.25, 0.3) is 11.2 Å². The highest BCUT2D eigenvalue weighted by Crippen LogP contribution is 2.25. The van der Waals surface area contributed by atoms with Crippen molar-refractivity contribution in [1.29, 1.82) is 0 Å². The van der Waals surface area contributed by atoms with E-state index in [1.165, 1.54) is 22.3 Å². The van der Waals surface area contributed by atoms with Crippen LogP contribution in [0.1, 0.15) is 35.1 Å². The molecule has 1 aromatic carbocycles. The molecule has 1 amide bonds. The molecule has 3 aromatic rings. The van der Waals surface area contributed by atoms with Crippen LogP contribution in [0.15, 0.2) is 36.8 Å². The smallest absolute Gasteiger partial charge is 0.223 e. The number of anilines is 1. The zero-order chi connectivity index (χ0) is 20.4. The first-order valence-electron chi connectivity index (χ1n) is 10.2. The summed E-state index contributed by atoms with van der Waals surface area (Å²) in [5.41, 5.74) is 7.47. The van der Waals surface area contributed by atoms with Gasteiger partial charge in [-0.1, -0.05) is 17.7 Å². The molecule has 4 rings (SSSR count). The number of carbonyl (C=O) groups is 1. The largest absolute Gasteiger partial charge is 0.370 e. The maximum Gasteiger partial charge on any atom is 0.223 e. The number of aryl methyl sites for hydroxylation is 3. The lowest BCUT2D eigenvalue weighted by molar-refractivity contribution is -0.125. The molecule has 1 aliphatic heterocycles. The van der Waals surface area contributed by atoms with Crippen molar-refractivity contribution in [3.63, 3.8) is 0 Å². The van der Waals surface area contributed by atoms with Crippen LogP contribution in [0.3, 0.4) is 0 Å². The normalized spacial score (nSPS) is 14.9. The number of nitrogens with zero attached hydrogens (tertiary/aromatic N) is 4. The topological polar surface area (TPSA) is 71.0 Å². The Kier molecular flexibility index (Phi) is 5.43. The fourth-order valence-electron chi connectivity index (χ4n) is 4.23. The average Bonchev–Trinajstić information content (AvgIpc) is 2.72. The molecular formula is C23H27N5O. The Morgan fingerprint density at radius 1 is 1.03 bits per heavy atom. The Morgan fingerprint density at radius 3 is 2.45 bits per heavy atom. The van der Waals surface area contributed by atoms with Gasteiger partial charge in [-0.2, -0.15) is 0 Å². The highest BCUT2D eigenvalue weighted by atomic mass is 16.1. The SMILES string of the molecule is Cc1cc(C)c(CNC(=O)C2CCN(c3cnc4nccnc4c3)CC2)c(C)c1. The van der Waals surface area contributed by atoms with Crippen LogP contribution in [0.2, 0.25) is 0 Å². The summed E-state index contributed by atoms with van der Waals surface area (Å²) in [6.45, 7) is 8.62. The molecule has 1 saturated heterocycles. The fraction of sp³-hybridized carbons (Fsp3) is 0.391. The molecule has 2 aromatic heterocycles. The van der Waals surface area contributed by atoms with Gasteiger partial charge in [0.25, 0.3) is 0 Å². The quantitative estimate of drug-likeness (QED) is 0.740.